The molecule has 1 unspecified atom stereocenters. The Labute approximate surface area is 107 Å². The molecule has 1 N–H and O–H groups in total. The summed E-state index contributed by atoms with van der Waals surface area (Å²) < 4.78 is 5.41. The summed E-state index contributed by atoms with van der Waals surface area (Å²) in [6, 6.07) is 0.680. The Hall–Kier alpha value is -0.120. The van der Waals surface area contributed by atoms with Crippen LogP contribution in [0.5, 0.6) is 0 Å². The molecule has 0 aliphatic carbocycles. The predicted molar refractivity (Wildman–Crippen MR) is 73.5 cm³/mol. The molecule has 0 aromatic heterocycles. The SMILES string of the molecule is CCCNC(CCC)CN1CCC(OC)CC1. The maximum atomic E-state index is 5.41. The molecule has 1 aliphatic rings. The van der Waals surface area contributed by atoms with Crippen LogP contribution in [-0.4, -0.2) is 50.3 Å². The molecule has 0 spiro atoms. The van der Waals surface area contributed by atoms with Crippen LogP contribution in [0, 0.1) is 0 Å². The van der Waals surface area contributed by atoms with Crippen LogP contribution in [0.3, 0.4) is 0 Å². The summed E-state index contributed by atoms with van der Waals surface area (Å²) >= 11 is 0. The zero-order chi connectivity index (χ0) is 12.5. The Morgan fingerprint density at radius 1 is 1.24 bits per heavy atom. The summed E-state index contributed by atoms with van der Waals surface area (Å²) in [6.07, 6.45) is 6.69. The van der Waals surface area contributed by atoms with Crippen molar-refractivity contribution in [2.45, 2.75) is 58.1 Å². The van der Waals surface area contributed by atoms with Crippen molar-refractivity contribution in [1.82, 2.24) is 10.2 Å². The Balaban J connectivity index is 2.24. The summed E-state index contributed by atoms with van der Waals surface area (Å²) in [5.74, 6) is 0. The molecule has 1 aliphatic heterocycles. The minimum Gasteiger partial charge on any atom is -0.381 e. The number of nitrogens with zero attached hydrogens (tertiary/aromatic N) is 1. The number of hydrogen-bond acceptors (Lipinski definition) is 3. The average molecular weight is 242 g/mol. The maximum absolute atomic E-state index is 5.41. The van der Waals surface area contributed by atoms with Gasteiger partial charge in [0.1, 0.15) is 0 Å². The third kappa shape index (κ3) is 5.84. The highest BCUT2D eigenvalue weighted by Crippen LogP contribution is 2.13. The normalized spacial score (nSPS) is 20.6. The van der Waals surface area contributed by atoms with Crippen LogP contribution in [0.15, 0.2) is 0 Å². The first-order valence-electron chi connectivity index (χ1n) is 7.28. The molecule has 1 heterocycles. The fourth-order valence-electron chi connectivity index (χ4n) is 2.59. The van der Waals surface area contributed by atoms with Crippen molar-refractivity contribution in [2.24, 2.45) is 0 Å². The second-order valence-corrected chi connectivity index (χ2v) is 5.18. The number of methoxy groups -OCH3 is 1. The molecule has 17 heavy (non-hydrogen) atoms. The predicted octanol–water partition coefficient (Wildman–Crippen LogP) is 2.27. The van der Waals surface area contributed by atoms with Crippen LogP contribution >= 0.6 is 0 Å². The van der Waals surface area contributed by atoms with Gasteiger partial charge in [-0.3, -0.25) is 0 Å². The molecule has 0 bridgehead atoms. The number of hydrogen-bond donors (Lipinski definition) is 1. The lowest BCUT2D eigenvalue weighted by Gasteiger charge is -2.34. The van der Waals surface area contributed by atoms with Gasteiger partial charge in [0.05, 0.1) is 6.10 Å². The summed E-state index contributed by atoms with van der Waals surface area (Å²) in [7, 11) is 1.84. The van der Waals surface area contributed by atoms with Crippen LogP contribution in [-0.2, 0) is 4.74 Å². The van der Waals surface area contributed by atoms with E-state index >= 15 is 0 Å². The van der Waals surface area contributed by atoms with Gasteiger partial charge in [0, 0.05) is 32.8 Å². The molecule has 1 atom stereocenters. The lowest BCUT2D eigenvalue weighted by atomic mass is 10.1. The van der Waals surface area contributed by atoms with Gasteiger partial charge in [-0.1, -0.05) is 20.3 Å². The van der Waals surface area contributed by atoms with Gasteiger partial charge in [0.25, 0.3) is 0 Å². The van der Waals surface area contributed by atoms with Crippen LogP contribution in [0.25, 0.3) is 0 Å². The monoisotopic (exact) mass is 242 g/mol. The second-order valence-electron chi connectivity index (χ2n) is 5.18. The highest BCUT2D eigenvalue weighted by Gasteiger charge is 2.20. The Bertz CT molecular complexity index is 179. The highest BCUT2D eigenvalue weighted by atomic mass is 16.5. The van der Waals surface area contributed by atoms with E-state index in [1.165, 1.54) is 51.7 Å². The largest absolute Gasteiger partial charge is 0.381 e. The number of nitrogens with one attached hydrogen (secondary N) is 1. The van der Waals surface area contributed by atoms with Crippen molar-refractivity contribution in [3.63, 3.8) is 0 Å². The Morgan fingerprint density at radius 3 is 2.47 bits per heavy atom. The van der Waals surface area contributed by atoms with Crippen LogP contribution in [0.1, 0.15) is 46.0 Å². The minimum atomic E-state index is 0.500. The number of piperidine rings is 1. The van der Waals surface area contributed by atoms with Gasteiger partial charge in [-0.15, -0.1) is 0 Å². The quantitative estimate of drug-likeness (QED) is 0.706. The molecule has 0 saturated carbocycles. The zero-order valence-corrected chi connectivity index (χ0v) is 11.9. The van der Waals surface area contributed by atoms with Gasteiger partial charge in [0.15, 0.2) is 0 Å². The maximum Gasteiger partial charge on any atom is 0.0595 e. The van der Waals surface area contributed by atoms with E-state index in [9.17, 15) is 0 Å². The molecule has 3 nitrogen and oxygen atoms in total. The van der Waals surface area contributed by atoms with Crippen molar-refractivity contribution in [3.05, 3.63) is 0 Å². The van der Waals surface area contributed by atoms with Gasteiger partial charge >= 0.3 is 0 Å². The van der Waals surface area contributed by atoms with Crippen LogP contribution in [0.2, 0.25) is 0 Å². The third-order valence-electron chi connectivity index (χ3n) is 3.67. The van der Waals surface area contributed by atoms with Gasteiger partial charge in [-0.05, 0) is 32.2 Å². The average Bonchev–Trinajstić information content (AvgIpc) is 2.37. The highest BCUT2D eigenvalue weighted by molar-refractivity contribution is 4.77. The lowest BCUT2D eigenvalue weighted by Crippen LogP contribution is -2.45. The van der Waals surface area contributed by atoms with Gasteiger partial charge < -0.3 is 15.0 Å². The van der Waals surface area contributed by atoms with E-state index < -0.39 is 0 Å². The molecule has 1 rings (SSSR count). The van der Waals surface area contributed by atoms with Crippen molar-refractivity contribution in [1.29, 1.82) is 0 Å². The molecule has 0 radical (unpaired) electrons. The van der Waals surface area contributed by atoms with E-state index in [-0.39, 0.29) is 0 Å². The van der Waals surface area contributed by atoms with Crippen molar-refractivity contribution in [3.8, 4) is 0 Å². The standard InChI is InChI=1S/C14H30N2O/c1-4-6-13(15-9-5-2)12-16-10-7-14(17-3)8-11-16/h13-15H,4-12H2,1-3H3. The zero-order valence-electron chi connectivity index (χ0n) is 11.9. The van der Waals surface area contributed by atoms with Gasteiger partial charge in [-0.25, -0.2) is 0 Å². The van der Waals surface area contributed by atoms with Crippen molar-refractivity contribution in [2.75, 3.05) is 33.3 Å². The molecule has 102 valence electrons. The molecular formula is C14H30N2O. The first-order valence-corrected chi connectivity index (χ1v) is 7.28. The van der Waals surface area contributed by atoms with E-state index in [2.05, 4.69) is 24.1 Å². The number of ether oxygens (including phenoxy) is 1. The molecule has 1 saturated heterocycles. The lowest BCUT2D eigenvalue weighted by molar-refractivity contribution is 0.0381. The molecule has 0 aromatic carbocycles. The van der Waals surface area contributed by atoms with Crippen LogP contribution < -0.4 is 5.32 Å². The smallest absolute Gasteiger partial charge is 0.0595 e. The van der Waals surface area contributed by atoms with E-state index in [4.69, 9.17) is 4.74 Å². The van der Waals surface area contributed by atoms with Crippen LogP contribution in [0.4, 0.5) is 0 Å². The first-order chi connectivity index (χ1) is 8.30. The Morgan fingerprint density at radius 2 is 1.94 bits per heavy atom. The molecule has 0 amide bonds. The summed E-state index contributed by atoms with van der Waals surface area (Å²) in [4.78, 5) is 2.60. The Kier molecular flexibility index (Phi) is 7.82. The fraction of sp³-hybridized carbons (Fsp3) is 1.00. The van der Waals surface area contributed by atoms with E-state index in [1.807, 2.05) is 7.11 Å². The third-order valence-corrected chi connectivity index (χ3v) is 3.67. The van der Waals surface area contributed by atoms with Crippen molar-refractivity contribution >= 4 is 0 Å². The van der Waals surface area contributed by atoms with E-state index in [0.717, 1.165) is 6.54 Å². The molecule has 1 fully saturated rings. The topological polar surface area (TPSA) is 24.5 Å². The fourth-order valence-corrected chi connectivity index (χ4v) is 2.59. The van der Waals surface area contributed by atoms with Crippen molar-refractivity contribution < 1.29 is 4.74 Å². The molecule has 3 heteroatoms. The first kappa shape index (κ1) is 14.9. The summed E-state index contributed by atoms with van der Waals surface area (Å²) in [5.41, 5.74) is 0. The second kappa shape index (κ2) is 8.90. The van der Waals surface area contributed by atoms with Gasteiger partial charge in [0.2, 0.25) is 0 Å². The molecular weight excluding hydrogens is 212 g/mol. The van der Waals surface area contributed by atoms with E-state index in [0.29, 0.717) is 12.1 Å². The molecule has 0 aromatic rings. The number of rotatable bonds is 8. The summed E-state index contributed by atoms with van der Waals surface area (Å²) in [6.45, 7) is 9.28. The summed E-state index contributed by atoms with van der Waals surface area (Å²) in [5, 5.41) is 3.67. The minimum absolute atomic E-state index is 0.500. The number of likely N-dealkylation sites (tertiary alicyclic amines) is 1. The van der Waals surface area contributed by atoms with E-state index in [1.54, 1.807) is 0 Å². The van der Waals surface area contributed by atoms with Gasteiger partial charge in [-0.2, -0.15) is 0 Å².